The van der Waals surface area contributed by atoms with Crippen molar-refractivity contribution < 1.29 is 14.5 Å². The van der Waals surface area contributed by atoms with Crippen molar-refractivity contribution in [2.75, 3.05) is 26.2 Å². The summed E-state index contributed by atoms with van der Waals surface area (Å²) in [6, 6.07) is 4.64. The third kappa shape index (κ3) is 3.29. The summed E-state index contributed by atoms with van der Waals surface area (Å²) in [4.78, 5) is 35.1. The van der Waals surface area contributed by atoms with Crippen LogP contribution in [0.25, 0.3) is 0 Å². The quantitative estimate of drug-likeness (QED) is 0.600. The lowest BCUT2D eigenvalue weighted by Gasteiger charge is -2.27. The van der Waals surface area contributed by atoms with E-state index in [4.69, 9.17) is 0 Å². The highest BCUT2D eigenvalue weighted by Crippen LogP contribution is 2.11. The number of carbonyl (C=O) groups excluding carboxylic acids is 2. The Balaban J connectivity index is 1.96. The van der Waals surface area contributed by atoms with Gasteiger partial charge in [-0.15, -0.1) is 0 Å². The van der Waals surface area contributed by atoms with Gasteiger partial charge < -0.3 is 10.2 Å². The van der Waals surface area contributed by atoms with Crippen LogP contribution < -0.4 is 10.6 Å². The zero-order valence-corrected chi connectivity index (χ0v) is 10.7. The van der Waals surface area contributed by atoms with E-state index in [1.807, 2.05) is 0 Å². The highest BCUT2D eigenvalue weighted by Gasteiger charge is 2.19. The molecule has 1 aliphatic heterocycles. The number of piperazine rings is 1. The van der Waals surface area contributed by atoms with E-state index in [0.29, 0.717) is 26.2 Å². The first kappa shape index (κ1) is 13.9. The second-order valence-electron chi connectivity index (χ2n) is 4.30. The molecule has 2 rings (SSSR count). The first-order valence-corrected chi connectivity index (χ1v) is 6.13. The van der Waals surface area contributed by atoms with Crippen LogP contribution in [0.2, 0.25) is 0 Å². The summed E-state index contributed by atoms with van der Waals surface area (Å²) in [5.41, 5.74) is 0.106. The van der Waals surface area contributed by atoms with E-state index in [0.717, 1.165) is 0 Å². The van der Waals surface area contributed by atoms with Gasteiger partial charge in [-0.25, -0.2) is 4.79 Å². The van der Waals surface area contributed by atoms with E-state index in [2.05, 4.69) is 10.6 Å². The molecule has 1 aliphatic rings. The van der Waals surface area contributed by atoms with Gasteiger partial charge in [-0.1, -0.05) is 0 Å². The first-order valence-electron chi connectivity index (χ1n) is 6.13. The number of amides is 3. The predicted molar refractivity (Wildman–Crippen MR) is 70.4 cm³/mol. The number of nitro benzene ring substituents is 1. The van der Waals surface area contributed by atoms with Crippen LogP contribution in [-0.2, 0) is 0 Å². The van der Waals surface area contributed by atoms with Gasteiger partial charge in [0.15, 0.2) is 0 Å². The Morgan fingerprint density at radius 2 is 1.80 bits per heavy atom. The van der Waals surface area contributed by atoms with Crippen LogP contribution in [0.5, 0.6) is 0 Å². The average Bonchev–Trinajstić information content (AvgIpc) is 2.48. The predicted octanol–water partition coefficient (Wildman–Crippen LogP) is 0.350. The van der Waals surface area contributed by atoms with Crippen LogP contribution in [0.1, 0.15) is 10.4 Å². The SMILES string of the molecule is O=C(NC(=O)N1CCNCC1)c1ccc([N+](=O)[O-])cc1. The third-order valence-electron chi connectivity index (χ3n) is 2.96. The van der Waals surface area contributed by atoms with Crippen LogP contribution in [-0.4, -0.2) is 47.9 Å². The molecule has 1 aromatic rings. The minimum atomic E-state index is -0.566. The number of nitrogens with one attached hydrogen (secondary N) is 2. The standard InChI is InChI=1S/C12H14N4O4/c17-11(9-1-3-10(4-2-9)16(19)20)14-12(18)15-7-5-13-6-8-15/h1-4,13H,5-8H2,(H,14,17,18). The molecule has 0 unspecified atom stereocenters. The van der Waals surface area contributed by atoms with Crippen LogP contribution in [0.15, 0.2) is 24.3 Å². The number of hydrogen-bond acceptors (Lipinski definition) is 5. The van der Waals surface area contributed by atoms with Crippen molar-refractivity contribution in [1.82, 2.24) is 15.5 Å². The summed E-state index contributed by atoms with van der Waals surface area (Å²) in [6.45, 7) is 2.47. The monoisotopic (exact) mass is 278 g/mol. The Labute approximate surface area is 114 Å². The number of rotatable bonds is 2. The van der Waals surface area contributed by atoms with Crippen LogP contribution >= 0.6 is 0 Å². The molecule has 1 aromatic carbocycles. The molecular formula is C12H14N4O4. The van der Waals surface area contributed by atoms with Crippen molar-refractivity contribution in [1.29, 1.82) is 0 Å². The lowest BCUT2D eigenvalue weighted by molar-refractivity contribution is -0.384. The van der Waals surface area contributed by atoms with Crippen molar-refractivity contribution in [3.05, 3.63) is 39.9 Å². The van der Waals surface area contributed by atoms with Gasteiger partial charge in [0.25, 0.3) is 11.6 Å². The molecule has 0 radical (unpaired) electrons. The molecule has 20 heavy (non-hydrogen) atoms. The minimum absolute atomic E-state index is 0.102. The number of imide groups is 1. The third-order valence-corrected chi connectivity index (χ3v) is 2.96. The topological polar surface area (TPSA) is 105 Å². The summed E-state index contributed by atoms with van der Waals surface area (Å²) in [5.74, 6) is -0.566. The summed E-state index contributed by atoms with van der Waals surface area (Å²) >= 11 is 0. The molecule has 3 amide bonds. The van der Waals surface area contributed by atoms with Crippen LogP contribution in [0.3, 0.4) is 0 Å². The Kier molecular flexibility index (Phi) is 4.26. The smallest absolute Gasteiger partial charge is 0.322 e. The molecule has 1 heterocycles. The molecular weight excluding hydrogens is 264 g/mol. The van der Waals surface area contributed by atoms with Crippen molar-refractivity contribution in [2.24, 2.45) is 0 Å². The summed E-state index contributed by atoms with van der Waals surface area (Å²) < 4.78 is 0. The molecule has 1 fully saturated rings. The molecule has 0 aromatic heterocycles. The molecule has 2 N–H and O–H groups in total. The van der Waals surface area contributed by atoms with Gasteiger partial charge in [-0.2, -0.15) is 0 Å². The first-order chi connectivity index (χ1) is 9.58. The molecule has 8 nitrogen and oxygen atoms in total. The number of nitro groups is 1. The number of urea groups is 1. The van der Waals surface area contributed by atoms with Crippen molar-refractivity contribution in [3.63, 3.8) is 0 Å². The maximum atomic E-state index is 11.8. The highest BCUT2D eigenvalue weighted by atomic mass is 16.6. The van der Waals surface area contributed by atoms with Crippen molar-refractivity contribution in [2.45, 2.75) is 0 Å². The van der Waals surface area contributed by atoms with Crippen LogP contribution in [0, 0.1) is 10.1 Å². The lowest BCUT2D eigenvalue weighted by atomic mass is 10.2. The normalized spacial score (nSPS) is 14.7. The Bertz CT molecular complexity index is 523. The number of benzene rings is 1. The number of hydrogen-bond donors (Lipinski definition) is 2. The van der Waals surface area contributed by atoms with Crippen molar-refractivity contribution in [3.8, 4) is 0 Å². The van der Waals surface area contributed by atoms with Gasteiger partial charge in [-0.3, -0.25) is 20.2 Å². The summed E-state index contributed by atoms with van der Waals surface area (Å²) in [7, 11) is 0. The minimum Gasteiger partial charge on any atom is -0.322 e. The molecule has 0 atom stereocenters. The second-order valence-corrected chi connectivity index (χ2v) is 4.30. The second kappa shape index (κ2) is 6.11. The molecule has 0 aliphatic carbocycles. The van der Waals surface area contributed by atoms with E-state index in [-0.39, 0.29) is 11.3 Å². The maximum absolute atomic E-state index is 11.8. The highest BCUT2D eigenvalue weighted by molar-refractivity contribution is 6.04. The zero-order chi connectivity index (χ0) is 14.5. The van der Waals surface area contributed by atoms with Crippen LogP contribution in [0.4, 0.5) is 10.5 Å². The van der Waals surface area contributed by atoms with E-state index in [1.165, 1.54) is 24.3 Å². The fraction of sp³-hybridized carbons (Fsp3) is 0.333. The van der Waals surface area contributed by atoms with Gasteiger partial charge in [0.2, 0.25) is 0 Å². The maximum Gasteiger partial charge on any atom is 0.324 e. The number of carbonyl (C=O) groups is 2. The Hall–Kier alpha value is -2.48. The molecule has 0 saturated carbocycles. The Morgan fingerprint density at radius 3 is 2.35 bits per heavy atom. The van der Waals surface area contributed by atoms with Gasteiger partial charge >= 0.3 is 6.03 Å². The lowest BCUT2D eigenvalue weighted by Crippen LogP contribution is -2.51. The Morgan fingerprint density at radius 1 is 1.20 bits per heavy atom. The van der Waals surface area contributed by atoms with E-state index >= 15 is 0 Å². The summed E-state index contributed by atoms with van der Waals surface area (Å²) in [5, 5.41) is 15.9. The van der Waals surface area contributed by atoms with E-state index in [9.17, 15) is 19.7 Å². The molecule has 0 spiro atoms. The van der Waals surface area contributed by atoms with Gasteiger partial charge in [0.05, 0.1) is 4.92 Å². The fourth-order valence-corrected chi connectivity index (χ4v) is 1.85. The number of nitrogens with zero attached hydrogens (tertiary/aromatic N) is 2. The molecule has 106 valence electrons. The van der Waals surface area contributed by atoms with E-state index < -0.39 is 16.9 Å². The van der Waals surface area contributed by atoms with Gasteiger partial charge in [0, 0.05) is 43.9 Å². The fourth-order valence-electron chi connectivity index (χ4n) is 1.85. The van der Waals surface area contributed by atoms with Gasteiger partial charge in [0.1, 0.15) is 0 Å². The largest absolute Gasteiger partial charge is 0.324 e. The van der Waals surface area contributed by atoms with Crippen molar-refractivity contribution >= 4 is 17.6 Å². The number of non-ortho nitro benzene ring substituents is 1. The van der Waals surface area contributed by atoms with Gasteiger partial charge in [-0.05, 0) is 12.1 Å². The summed E-state index contributed by atoms with van der Waals surface area (Å²) in [6.07, 6.45) is 0. The van der Waals surface area contributed by atoms with E-state index in [1.54, 1.807) is 4.90 Å². The molecule has 0 bridgehead atoms. The average molecular weight is 278 g/mol. The zero-order valence-electron chi connectivity index (χ0n) is 10.7. The molecule has 8 heteroatoms. The molecule has 1 saturated heterocycles.